The molecule has 0 radical (unpaired) electrons. The molecule has 3 nitrogen and oxygen atoms in total. The van der Waals surface area contributed by atoms with Crippen LogP contribution in [0.5, 0.6) is 0 Å². The first-order chi connectivity index (χ1) is 7.42. The number of morpholine rings is 1. The van der Waals surface area contributed by atoms with Crippen LogP contribution in [0.3, 0.4) is 0 Å². The fraction of sp³-hybridized carbons (Fsp3) is 0.917. The number of hydrogen-bond acceptors (Lipinski definition) is 3. The fourth-order valence-corrected chi connectivity index (χ4v) is 2.79. The van der Waals surface area contributed by atoms with Crippen LogP contribution in [0.2, 0.25) is 0 Å². The van der Waals surface area contributed by atoms with Crippen LogP contribution in [0.15, 0.2) is 0 Å². The monoisotopic (exact) mass is 208 g/mol. The summed E-state index contributed by atoms with van der Waals surface area (Å²) in [6, 6.07) is 2.66. The molecule has 2 rings (SSSR count). The largest absolute Gasteiger partial charge is 0.379 e. The lowest BCUT2D eigenvalue weighted by molar-refractivity contribution is 0.0121. The van der Waals surface area contributed by atoms with Crippen molar-refractivity contribution in [2.75, 3.05) is 26.3 Å². The predicted molar refractivity (Wildman–Crippen MR) is 58.4 cm³/mol. The number of nitrogens with zero attached hydrogens (tertiary/aromatic N) is 2. The Kier molecular flexibility index (Phi) is 3.99. The average molecular weight is 208 g/mol. The molecule has 3 heteroatoms. The first-order valence-corrected chi connectivity index (χ1v) is 6.13. The van der Waals surface area contributed by atoms with E-state index in [1.54, 1.807) is 0 Å². The van der Waals surface area contributed by atoms with E-state index in [0.29, 0.717) is 5.92 Å². The molecule has 0 aromatic carbocycles. The second-order valence-corrected chi connectivity index (χ2v) is 4.62. The lowest BCUT2D eigenvalue weighted by Crippen LogP contribution is -2.46. The van der Waals surface area contributed by atoms with Gasteiger partial charge in [-0.25, -0.2) is 0 Å². The highest BCUT2D eigenvalue weighted by Crippen LogP contribution is 2.29. The van der Waals surface area contributed by atoms with Crippen LogP contribution < -0.4 is 0 Å². The zero-order valence-electron chi connectivity index (χ0n) is 9.32. The Hall–Kier alpha value is -0.590. The van der Waals surface area contributed by atoms with Crippen LogP contribution in [0.1, 0.15) is 32.1 Å². The smallest absolute Gasteiger partial charge is 0.101 e. The molecule has 1 aliphatic heterocycles. The van der Waals surface area contributed by atoms with Crippen molar-refractivity contribution in [2.24, 2.45) is 5.92 Å². The minimum absolute atomic E-state index is 0.147. The van der Waals surface area contributed by atoms with E-state index in [4.69, 9.17) is 4.74 Å². The Balaban J connectivity index is 1.92. The van der Waals surface area contributed by atoms with E-state index in [9.17, 15) is 5.26 Å². The van der Waals surface area contributed by atoms with Crippen molar-refractivity contribution in [3.8, 4) is 6.07 Å². The summed E-state index contributed by atoms with van der Waals surface area (Å²) >= 11 is 0. The Bertz CT molecular complexity index is 206. The van der Waals surface area contributed by atoms with Crippen LogP contribution in [-0.4, -0.2) is 37.2 Å². The Morgan fingerprint density at radius 2 is 1.80 bits per heavy atom. The Morgan fingerprint density at radius 1 is 1.13 bits per heavy atom. The van der Waals surface area contributed by atoms with E-state index in [0.717, 1.165) is 26.3 Å². The van der Waals surface area contributed by atoms with E-state index in [-0.39, 0.29) is 6.04 Å². The topological polar surface area (TPSA) is 36.3 Å². The molecule has 1 unspecified atom stereocenters. The standard InChI is InChI=1S/C12H20N2O/c13-10-12(11-4-2-1-3-5-11)14-6-8-15-9-7-14/h11-12H,1-9H2. The molecule has 1 atom stereocenters. The van der Waals surface area contributed by atoms with Gasteiger partial charge < -0.3 is 4.74 Å². The highest BCUT2D eigenvalue weighted by Gasteiger charge is 2.29. The lowest BCUT2D eigenvalue weighted by Gasteiger charge is -2.36. The molecular formula is C12H20N2O. The molecule has 0 aromatic heterocycles. The van der Waals surface area contributed by atoms with Gasteiger partial charge in [-0.15, -0.1) is 0 Å². The summed E-state index contributed by atoms with van der Waals surface area (Å²) in [5.41, 5.74) is 0. The summed E-state index contributed by atoms with van der Waals surface area (Å²) in [6.07, 6.45) is 6.48. The molecule has 0 aromatic rings. The summed E-state index contributed by atoms with van der Waals surface area (Å²) < 4.78 is 5.33. The highest BCUT2D eigenvalue weighted by atomic mass is 16.5. The van der Waals surface area contributed by atoms with E-state index >= 15 is 0 Å². The first-order valence-electron chi connectivity index (χ1n) is 6.13. The Labute approximate surface area is 92.0 Å². The van der Waals surface area contributed by atoms with Gasteiger partial charge in [-0.2, -0.15) is 5.26 Å². The predicted octanol–water partition coefficient (Wildman–Crippen LogP) is 1.79. The van der Waals surface area contributed by atoms with E-state index in [2.05, 4.69) is 11.0 Å². The Morgan fingerprint density at radius 3 is 2.40 bits per heavy atom. The van der Waals surface area contributed by atoms with Gasteiger partial charge in [0, 0.05) is 13.1 Å². The molecule has 2 aliphatic rings. The molecule has 0 spiro atoms. The molecule has 0 bridgehead atoms. The van der Waals surface area contributed by atoms with Gasteiger partial charge in [0.1, 0.15) is 6.04 Å². The number of hydrogen-bond donors (Lipinski definition) is 0. The zero-order chi connectivity index (χ0) is 10.5. The second kappa shape index (κ2) is 5.48. The fourth-order valence-electron chi connectivity index (χ4n) is 2.79. The molecule has 1 heterocycles. The van der Waals surface area contributed by atoms with Gasteiger partial charge >= 0.3 is 0 Å². The maximum absolute atomic E-state index is 9.30. The third kappa shape index (κ3) is 2.70. The van der Waals surface area contributed by atoms with Crippen molar-refractivity contribution in [1.82, 2.24) is 4.90 Å². The minimum Gasteiger partial charge on any atom is -0.379 e. The van der Waals surface area contributed by atoms with Crippen molar-refractivity contribution < 1.29 is 4.74 Å². The molecule has 2 fully saturated rings. The molecule has 1 saturated carbocycles. The quantitative estimate of drug-likeness (QED) is 0.694. The molecule has 1 aliphatic carbocycles. The van der Waals surface area contributed by atoms with Crippen LogP contribution in [0, 0.1) is 17.2 Å². The van der Waals surface area contributed by atoms with Gasteiger partial charge in [0.15, 0.2) is 0 Å². The minimum atomic E-state index is 0.147. The molecular weight excluding hydrogens is 188 g/mol. The van der Waals surface area contributed by atoms with Crippen molar-refractivity contribution >= 4 is 0 Å². The second-order valence-electron chi connectivity index (χ2n) is 4.62. The van der Waals surface area contributed by atoms with Gasteiger partial charge in [-0.1, -0.05) is 19.3 Å². The van der Waals surface area contributed by atoms with Crippen molar-refractivity contribution in [3.05, 3.63) is 0 Å². The van der Waals surface area contributed by atoms with Crippen molar-refractivity contribution in [3.63, 3.8) is 0 Å². The molecule has 0 N–H and O–H groups in total. The number of ether oxygens (including phenoxy) is 1. The van der Waals surface area contributed by atoms with E-state index in [1.807, 2.05) is 0 Å². The van der Waals surface area contributed by atoms with Crippen LogP contribution >= 0.6 is 0 Å². The van der Waals surface area contributed by atoms with Crippen molar-refractivity contribution in [1.29, 1.82) is 5.26 Å². The van der Waals surface area contributed by atoms with E-state index < -0.39 is 0 Å². The van der Waals surface area contributed by atoms with Crippen LogP contribution in [0.4, 0.5) is 0 Å². The lowest BCUT2D eigenvalue weighted by atomic mass is 9.83. The summed E-state index contributed by atoms with van der Waals surface area (Å²) in [4.78, 5) is 2.32. The van der Waals surface area contributed by atoms with Gasteiger partial charge in [0.05, 0.1) is 19.3 Å². The SMILES string of the molecule is N#CC(C1CCCCC1)N1CCOCC1. The van der Waals surface area contributed by atoms with Gasteiger partial charge in [0.25, 0.3) is 0 Å². The summed E-state index contributed by atoms with van der Waals surface area (Å²) in [5.74, 6) is 0.613. The third-order valence-electron chi connectivity index (χ3n) is 3.67. The van der Waals surface area contributed by atoms with Crippen LogP contribution in [-0.2, 0) is 4.74 Å². The zero-order valence-corrected chi connectivity index (χ0v) is 9.32. The van der Waals surface area contributed by atoms with Gasteiger partial charge in [-0.05, 0) is 18.8 Å². The summed E-state index contributed by atoms with van der Waals surface area (Å²) in [5, 5.41) is 9.30. The average Bonchev–Trinajstić information content (AvgIpc) is 2.33. The molecule has 0 amide bonds. The molecule has 84 valence electrons. The number of rotatable bonds is 2. The summed E-state index contributed by atoms with van der Waals surface area (Å²) in [6.45, 7) is 3.47. The summed E-state index contributed by atoms with van der Waals surface area (Å²) in [7, 11) is 0. The molecule has 15 heavy (non-hydrogen) atoms. The first kappa shape index (κ1) is 10.9. The van der Waals surface area contributed by atoms with Gasteiger partial charge in [-0.3, -0.25) is 4.90 Å². The highest BCUT2D eigenvalue weighted by molar-refractivity contribution is 4.97. The number of nitriles is 1. The van der Waals surface area contributed by atoms with Gasteiger partial charge in [0.2, 0.25) is 0 Å². The van der Waals surface area contributed by atoms with Crippen molar-refractivity contribution in [2.45, 2.75) is 38.1 Å². The maximum Gasteiger partial charge on any atom is 0.101 e. The molecule has 1 saturated heterocycles. The maximum atomic E-state index is 9.30. The normalized spacial score (nSPS) is 27.1. The third-order valence-corrected chi connectivity index (χ3v) is 3.67. The van der Waals surface area contributed by atoms with E-state index in [1.165, 1.54) is 32.1 Å². The van der Waals surface area contributed by atoms with Crippen LogP contribution in [0.25, 0.3) is 0 Å².